The predicted octanol–water partition coefficient (Wildman–Crippen LogP) is 2.00. The average molecular weight is 350 g/mol. The number of hydrogen-bond donors (Lipinski definition) is 1. The molecule has 0 unspecified atom stereocenters. The molecule has 2 atom stereocenters. The van der Waals surface area contributed by atoms with Gasteiger partial charge in [-0.3, -0.25) is 4.79 Å². The number of amides is 1. The Morgan fingerprint density at radius 3 is 2.71 bits per heavy atom. The normalized spacial score (nSPS) is 26.4. The largest absolute Gasteiger partial charge is 0.490 e. The Morgan fingerprint density at radius 1 is 1.21 bits per heavy atom. The Hall–Kier alpha value is -1.46. The van der Waals surface area contributed by atoms with Crippen LogP contribution in [0.15, 0.2) is 18.2 Å². The Bertz CT molecular complexity index is 610. The van der Waals surface area contributed by atoms with Crippen LogP contribution in [-0.4, -0.2) is 56.7 Å². The highest BCUT2D eigenvalue weighted by Crippen LogP contribution is 2.34. The van der Waals surface area contributed by atoms with E-state index in [1.165, 1.54) is 0 Å². The van der Waals surface area contributed by atoms with Gasteiger partial charge in [0.15, 0.2) is 0 Å². The molecule has 2 fully saturated rings. The fraction of sp³-hybridized carbons (Fsp3) is 0.611. The molecule has 0 aliphatic carbocycles. The second kappa shape index (κ2) is 6.81. The Labute approximate surface area is 147 Å². The van der Waals surface area contributed by atoms with Gasteiger partial charge in [0.2, 0.25) is 5.91 Å². The molecule has 130 valence electrons. The number of likely N-dealkylation sites (tertiary alicyclic amines) is 1. The molecule has 1 amide bonds. The summed E-state index contributed by atoms with van der Waals surface area (Å²) in [6, 6.07) is 5.60. The summed E-state index contributed by atoms with van der Waals surface area (Å²) in [5.74, 6) is 2.52. The maximum atomic E-state index is 12.8. The summed E-state index contributed by atoms with van der Waals surface area (Å²) >= 11 is 6.12. The maximum Gasteiger partial charge on any atom is 0.242 e. The Balaban J connectivity index is 1.42. The smallest absolute Gasteiger partial charge is 0.242 e. The molecule has 5 nitrogen and oxygen atoms in total. The maximum absolute atomic E-state index is 12.8. The topological polar surface area (TPSA) is 44.8 Å². The van der Waals surface area contributed by atoms with Gasteiger partial charge in [-0.25, -0.2) is 0 Å². The molecule has 1 N–H and O–H groups in total. The van der Waals surface area contributed by atoms with Crippen LogP contribution in [0.1, 0.15) is 12.8 Å². The summed E-state index contributed by atoms with van der Waals surface area (Å²) in [5.41, 5.74) is 0.929. The first kappa shape index (κ1) is 16.0. The highest BCUT2D eigenvalue weighted by Gasteiger charge is 2.32. The summed E-state index contributed by atoms with van der Waals surface area (Å²) in [7, 11) is 0. The van der Waals surface area contributed by atoms with E-state index in [0.29, 0.717) is 18.2 Å². The Kier molecular flexibility index (Phi) is 4.55. The van der Waals surface area contributed by atoms with Crippen molar-refractivity contribution in [2.45, 2.75) is 12.8 Å². The molecule has 0 aromatic heterocycles. The van der Waals surface area contributed by atoms with Crippen molar-refractivity contribution in [3.63, 3.8) is 0 Å². The van der Waals surface area contributed by atoms with Crippen molar-refractivity contribution in [2.24, 2.45) is 11.8 Å². The first-order valence-corrected chi connectivity index (χ1v) is 9.24. The lowest BCUT2D eigenvalue weighted by molar-refractivity contribution is -0.129. The minimum absolute atomic E-state index is 0.218. The van der Waals surface area contributed by atoms with E-state index in [9.17, 15) is 4.79 Å². The van der Waals surface area contributed by atoms with Gasteiger partial charge in [-0.1, -0.05) is 11.6 Å². The van der Waals surface area contributed by atoms with Crippen LogP contribution in [0.5, 0.6) is 5.75 Å². The van der Waals surface area contributed by atoms with E-state index < -0.39 is 0 Å². The number of halogens is 1. The number of nitrogens with one attached hydrogen (secondary N) is 1. The zero-order chi connectivity index (χ0) is 16.5. The number of hydrogen-bond acceptors (Lipinski definition) is 4. The number of carbonyl (C=O) groups excluding carboxylic acids is 1. The Morgan fingerprint density at radius 2 is 1.96 bits per heavy atom. The molecule has 3 aliphatic heterocycles. The van der Waals surface area contributed by atoms with Crippen LogP contribution in [0.25, 0.3) is 0 Å². The molecule has 0 bridgehead atoms. The quantitative estimate of drug-likeness (QED) is 0.887. The molecular formula is C18H24ClN3O2. The van der Waals surface area contributed by atoms with E-state index in [1.807, 2.05) is 18.2 Å². The van der Waals surface area contributed by atoms with Crippen molar-refractivity contribution in [1.29, 1.82) is 0 Å². The van der Waals surface area contributed by atoms with Gasteiger partial charge in [0, 0.05) is 18.1 Å². The SMILES string of the molecule is O=C(CN1CCOc2ccc(Cl)cc21)N1CC[C@@H]2CNC[C@@H]2CC1. The summed E-state index contributed by atoms with van der Waals surface area (Å²) in [6.07, 6.45) is 2.24. The second-order valence-electron chi connectivity index (χ2n) is 7.02. The number of rotatable bonds is 2. The van der Waals surface area contributed by atoms with E-state index in [0.717, 1.165) is 68.8 Å². The lowest BCUT2D eigenvalue weighted by Gasteiger charge is -2.32. The zero-order valence-corrected chi connectivity index (χ0v) is 14.6. The fourth-order valence-corrected chi connectivity index (χ4v) is 4.31. The number of carbonyl (C=O) groups is 1. The molecule has 2 saturated heterocycles. The summed E-state index contributed by atoms with van der Waals surface area (Å²) in [6.45, 7) is 5.73. The third-order valence-corrected chi connectivity index (χ3v) is 5.81. The second-order valence-corrected chi connectivity index (χ2v) is 7.46. The van der Waals surface area contributed by atoms with Crippen molar-refractivity contribution in [2.75, 3.05) is 50.8 Å². The zero-order valence-electron chi connectivity index (χ0n) is 13.8. The van der Waals surface area contributed by atoms with Crippen LogP contribution in [0, 0.1) is 11.8 Å². The standard InChI is InChI=1S/C18H24ClN3O2/c19-15-1-2-17-16(9-15)22(7-8-24-17)12-18(23)21-5-3-13-10-20-11-14(13)4-6-21/h1-2,9,13-14,20H,3-8,10-12H2/t13-,14+. The first-order chi connectivity index (χ1) is 11.7. The van der Waals surface area contributed by atoms with Crippen molar-refractivity contribution >= 4 is 23.2 Å². The molecule has 24 heavy (non-hydrogen) atoms. The number of benzene rings is 1. The molecule has 0 spiro atoms. The number of ether oxygens (including phenoxy) is 1. The van der Waals surface area contributed by atoms with Crippen LogP contribution < -0.4 is 15.0 Å². The highest BCUT2D eigenvalue weighted by atomic mass is 35.5. The molecule has 3 heterocycles. The number of anilines is 1. The summed E-state index contributed by atoms with van der Waals surface area (Å²) < 4.78 is 5.67. The van der Waals surface area contributed by atoms with Crippen LogP contribution in [-0.2, 0) is 4.79 Å². The molecule has 6 heteroatoms. The summed E-state index contributed by atoms with van der Waals surface area (Å²) in [4.78, 5) is 17.0. The first-order valence-electron chi connectivity index (χ1n) is 8.86. The molecule has 1 aromatic carbocycles. The van der Waals surface area contributed by atoms with Crippen molar-refractivity contribution in [3.05, 3.63) is 23.2 Å². The van der Waals surface area contributed by atoms with Crippen LogP contribution in [0.3, 0.4) is 0 Å². The minimum Gasteiger partial charge on any atom is -0.490 e. The van der Waals surface area contributed by atoms with Crippen LogP contribution in [0.2, 0.25) is 5.02 Å². The average Bonchev–Trinajstić information content (AvgIpc) is 2.93. The third-order valence-electron chi connectivity index (χ3n) is 5.58. The third kappa shape index (κ3) is 3.20. The van der Waals surface area contributed by atoms with Gasteiger partial charge in [0.25, 0.3) is 0 Å². The van der Waals surface area contributed by atoms with Crippen molar-refractivity contribution in [3.8, 4) is 5.75 Å². The van der Waals surface area contributed by atoms with Gasteiger partial charge in [-0.2, -0.15) is 0 Å². The fourth-order valence-electron chi connectivity index (χ4n) is 4.14. The van der Waals surface area contributed by atoms with Gasteiger partial charge >= 0.3 is 0 Å². The van der Waals surface area contributed by atoms with E-state index in [4.69, 9.17) is 16.3 Å². The molecular weight excluding hydrogens is 326 g/mol. The lowest BCUT2D eigenvalue weighted by atomic mass is 9.92. The van der Waals surface area contributed by atoms with E-state index in [-0.39, 0.29) is 5.91 Å². The van der Waals surface area contributed by atoms with Crippen molar-refractivity contribution in [1.82, 2.24) is 10.2 Å². The van der Waals surface area contributed by atoms with E-state index in [1.54, 1.807) is 0 Å². The van der Waals surface area contributed by atoms with Gasteiger partial charge in [-0.05, 0) is 56.0 Å². The monoisotopic (exact) mass is 349 g/mol. The van der Waals surface area contributed by atoms with Crippen LogP contribution >= 0.6 is 11.6 Å². The van der Waals surface area contributed by atoms with Gasteiger partial charge in [0.1, 0.15) is 12.4 Å². The lowest BCUT2D eigenvalue weighted by Crippen LogP contribution is -2.43. The molecule has 3 aliphatic rings. The van der Waals surface area contributed by atoms with E-state index >= 15 is 0 Å². The molecule has 0 saturated carbocycles. The molecule has 0 radical (unpaired) electrons. The number of nitrogens with zero attached hydrogens (tertiary/aromatic N) is 2. The van der Waals surface area contributed by atoms with Crippen molar-refractivity contribution < 1.29 is 9.53 Å². The van der Waals surface area contributed by atoms with Gasteiger partial charge in [0.05, 0.1) is 18.8 Å². The van der Waals surface area contributed by atoms with Gasteiger partial charge < -0.3 is 19.9 Å². The van der Waals surface area contributed by atoms with Gasteiger partial charge in [-0.15, -0.1) is 0 Å². The number of fused-ring (bicyclic) bond motifs is 2. The molecule has 1 aromatic rings. The van der Waals surface area contributed by atoms with E-state index in [2.05, 4.69) is 15.1 Å². The predicted molar refractivity (Wildman–Crippen MR) is 94.8 cm³/mol. The molecule has 4 rings (SSSR count). The minimum atomic E-state index is 0.218. The summed E-state index contributed by atoms with van der Waals surface area (Å²) in [5, 5.41) is 4.15. The van der Waals surface area contributed by atoms with Crippen LogP contribution in [0.4, 0.5) is 5.69 Å². The highest BCUT2D eigenvalue weighted by molar-refractivity contribution is 6.31.